The molecule has 0 fully saturated rings. The number of benzene rings is 1. The van der Waals surface area contributed by atoms with Gasteiger partial charge in [0.15, 0.2) is 0 Å². The molecule has 0 radical (unpaired) electrons. The molecule has 0 saturated heterocycles. The van der Waals surface area contributed by atoms with E-state index in [0.29, 0.717) is 15.7 Å². The number of aromatic carboxylic acids is 1. The van der Waals surface area contributed by atoms with E-state index >= 15 is 0 Å². The van der Waals surface area contributed by atoms with Crippen molar-refractivity contribution < 1.29 is 18.7 Å². The van der Waals surface area contributed by atoms with E-state index in [4.69, 9.17) is 9.52 Å². The van der Waals surface area contributed by atoms with Crippen molar-refractivity contribution in [2.24, 2.45) is 0 Å². The Hall–Kier alpha value is -1.82. The zero-order valence-corrected chi connectivity index (χ0v) is 11.6. The molecule has 1 heterocycles. The van der Waals surface area contributed by atoms with Gasteiger partial charge in [-0.3, -0.25) is 0 Å². The zero-order chi connectivity index (χ0) is 14.0. The van der Waals surface area contributed by atoms with Crippen molar-refractivity contribution in [3.05, 3.63) is 51.6 Å². The number of carbonyl (C=O) groups is 1. The highest BCUT2D eigenvalue weighted by Gasteiger charge is 2.14. The molecule has 2 rings (SSSR count). The summed E-state index contributed by atoms with van der Waals surface area (Å²) in [6, 6.07) is 4.59. The number of anilines is 1. The summed E-state index contributed by atoms with van der Waals surface area (Å²) in [7, 11) is 0. The third-order valence-electron chi connectivity index (χ3n) is 2.68. The summed E-state index contributed by atoms with van der Waals surface area (Å²) in [6.45, 7) is 2.08. The SMILES string of the molecule is Cc1cc(Br)c(F)cc1NCc1ccoc1C(=O)O. The first-order valence-corrected chi connectivity index (χ1v) is 6.27. The van der Waals surface area contributed by atoms with Gasteiger partial charge >= 0.3 is 5.97 Å². The van der Waals surface area contributed by atoms with Crippen molar-refractivity contribution in [3.8, 4) is 0 Å². The molecule has 0 aliphatic carbocycles. The Morgan fingerprint density at radius 2 is 2.26 bits per heavy atom. The first kappa shape index (κ1) is 13.6. The molecule has 2 aromatic rings. The van der Waals surface area contributed by atoms with Gasteiger partial charge in [-0.15, -0.1) is 0 Å². The molecule has 0 spiro atoms. The van der Waals surface area contributed by atoms with Gasteiger partial charge in [0.2, 0.25) is 5.76 Å². The number of carboxylic acids is 1. The van der Waals surface area contributed by atoms with Gasteiger partial charge in [0.25, 0.3) is 0 Å². The molecule has 0 saturated carbocycles. The number of hydrogen-bond acceptors (Lipinski definition) is 3. The molecule has 0 amide bonds. The van der Waals surface area contributed by atoms with Crippen LogP contribution >= 0.6 is 15.9 Å². The zero-order valence-electron chi connectivity index (χ0n) is 10.0. The fourth-order valence-corrected chi connectivity index (χ4v) is 2.15. The molecular formula is C13H11BrFNO3. The van der Waals surface area contributed by atoms with E-state index in [1.807, 2.05) is 6.92 Å². The summed E-state index contributed by atoms with van der Waals surface area (Å²) in [4.78, 5) is 10.9. The van der Waals surface area contributed by atoms with Crippen LogP contribution < -0.4 is 5.32 Å². The monoisotopic (exact) mass is 327 g/mol. The van der Waals surface area contributed by atoms with Crippen LogP contribution in [0.2, 0.25) is 0 Å². The van der Waals surface area contributed by atoms with Crippen molar-refractivity contribution in [2.45, 2.75) is 13.5 Å². The highest BCUT2D eigenvalue weighted by atomic mass is 79.9. The summed E-state index contributed by atoms with van der Waals surface area (Å²) >= 11 is 3.11. The number of nitrogens with one attached hydrogen (secondary N) is 1. The van der Waals surface area contributed by atoms with Crippen molar-refractivity contribution in [3.63, 3.8) is 0 Å². The van der Waals surface area contributed by atoms with Crippen LogP contribution in [-0.2, 0) is 6.54 Å². The quantitative estimate of drug-likeness (QED) is 0.896. The molecule has 0 aliphatic rings. The molecule has 2 N–H and O–H groups in total. The maximum atomic E-state index is 13.4. The predicted octanol–water partition coefficient (Wildman–Crippen LogP) is 3.80. The fraction of sp³-hybridized carbons (Fsp3) is 0.154. The molecule has 0 bridgehead atoms. The summed E-state index contributed by atoms with van der Waals surface area (Å²) in [6.07, 6.45) is 1.31. The molecule has 19 heavy (non-hydrogen) atoms. The second kappa shape index (κ2) is 5.44. The highest BCUT2D eigenvalue weighted by Crippen LogP contribution is 2.24. The molecule has 4 nitrogen and oxygen atoms in total. The standard InChI is InChI=1S/C13H11BrFNO3/c1-7-4-9(14)10(15)5-11(7)16-6-8-2-3-19-12(8)13(17)18/h2-5,16H,6H2,1H3,(H,17,18). The Morgan fingerprint density at radius 1 is 1.53 bits per heavy atom. The van der Waals surface area contributed by atoms with E-state index in [1.54, 1.807) is 12.1 Å². The van der Waals surface area contributed by atoms with E-state index in [-0.39, 0.29) is 18.1 Å². The number of carboxylic acid groups (broad SMARTS) is 1. The highest BCUT2D eigenvalue weighted by molar-refractivity contribution is 9.10. The maximum absolute atomic E-state index is 13.4. The molecule has 0 unspecified atom stereocenters. The molecule has 0 atom stereocenters. The molecular weight excluding hydrogens is 317 g/mol. The van der Waals surface area contributed by atoms with Gasteiger partial charge in [-0.25, -0.2) is 9.18 Å². The molecule has 1 aromatic carbocycles. The Labute approximate surface area is 117 Å². The maximum Gasteiger partial charge on any atom is 0.372 e. The molecule has 0 aliphatic heterocycles. The number of aryl methyl sites for hydroxylation is 1. The Morgan fingerprint density at radius 3 is 2.95 bits per heavy atom. The number of halogens is 2. The summed E-state index contributed by atoms with van der Waals surface area (Å²) < 4.78 is 18.7. The minimum absolute atomic E-state index is 0.109. The Bertz CT molecular complexity index is 624. The molecule has 6 heteroatoms. The smallest absolute Gasteiger partial charge is 0.372 e. The van der Waals surface area contributed by atoms with Crippen molar-refractivity contribution in [2.75, 3.05) is 5.32 Å². The van der Waals surface area contributed by atoms with Crippen LogP contribution in [0.5, 0.6) is 0 Å². The van der Waals surface area contributed by atoms with Gasteiger partial charge in [0, 0.05) is 17.8 Å². The topological polar surface area (TPSA) is 62.5 Å². The van der Waals surface area contributed by atoms with Crippen LogP contribution in [0, 0.1) is 12.7 Å². The van der Waals surface area contributed by atoms with Gasteiger partial charge in [0.1, 0.15) is 5.82 Å². The minimum atomic E-state index is -1.12. The largest absolute Gasteiger partial charge is 0.475 e. The Kier molecular flexibility index (Phi) is 3.90. The first-order valence-electron chi connectivity index (χ1n) is 5.48. The van der Waals surface area contributed by atoms with Crippen LogP contribution in [0.4, 0.5) is 10.1 Å². The van der Waals surface area contributed by atoms with Crippen LogP contribution in [0.1, 0.15) is 21.7 Å². The van der Waals surface area contributed by atoms with E-state index < -0.39 is 5.97 Å². The molecule has 100 valence electrons. The van der Waals surface area contributed by atoms with Gasteiger partial charge in [0.05, 0.1) is 10.7 Å². The van der Waals surface area contributed by atoms with Crippen LogP contribution in [0.3, 0.4) is 0 Å². The molecule has 1 aromatic heterocycles. The fourth-order valence-electron chi connectivity index (χ4n) is 1.69. The lowest BCUT2D eigenvalue weighted by molar-refractivity contribution is 0.0661. The second-order valence-electron chi connectivity index (χ2n) is 4.01. The van der Waals surface area contributed by atoms with Crippen molar-refractivity contribution >= 4 is 27.6 Å². The van der Waals surface area contributed by atoms with Gasteiger partial charge in [-0.05, 0) is 46.6 Å². The first-order chi connectivity index (χ1) is 8.99. The van der Waals surface area contributed by atoms with Crippen molar-refractivity contribution in [1.82, 2.24) is 0 Å². The van der Waals surface area contributed by atoms with E-state index in [0.717, 1.165) is 5.56 Å². The van der Waals surface area contributed by atoms with Crippen molar-refractivity contribution in [1.29, 1.82) is 0 Å². The second-order valence-corrected chi connectivity index (χ2v) is 4.87. The lowest BCUT2D eigenvalue weighted by Crippen LogP contribution is -2.05. The number of rotatable bonds is 4. The average Bonchev–Trinajstić information content (AvgIpc) is 2.80. The lowest BCUT2D eigenvalue weighted by Gasteiger charge is -2.10. The van der Waals surface area contributed by atoms with Crippen LogP contribution in [0.15, 0.2) is 33.4 Å². The minimum Gasteiger partial charge on any atom is -0.475 e. The Balaban J connectivity index is 2.17. The summed E-state index contributed by atoms with van der Waals surface area (Å²) in [5, 5.41) is 11.9. The van der Waals surface area contributed by atoms with E-state index in [1.165, 1.54) is 12.3 Å². The normalized spacial score (nSPS) is 10.5. The third kappa shape index (κ3) is 2.96. The average molecular weight is 328 g/mol. The summed E-state index contributed by atoms with van der Waals surface area (Å²) in [5.41, 5.74) is 1.97. The number of furan rings is 1. The van der Waals surface area contributed by atoms with Crippen LogP contribution in [-0.4, -0.2) is 11.1 Å². The van der Waals surface area contributed by atoms with Gasteiger partial charge in [-0.1, -0.05) is 0 Å². The van der Waals surface area contributed by atoms with E-state index in [9.17, 15) is 9.18 Å². The summed E-state index contributed by atoms with van der Waals surface area (Å²) in [5.74, 6) is -1.61. The van der Waals surface area contributed by atoms with E-state index in [2.05, 4.69) is 21.2 Å². The third-order valence-corrected chi connectivity index (χ3v) is 3.29. The predicted molar refractivity (Wildman–Crippen MR) is 71.8 cm³/mol. The lowest BCUT2D eigenvalue weighted by atomic mass is 10.2. The van der Waals surface area contributed by atoms with Gasteiger partial charge in [-0.2, -0.15) is 0 Å². The van der Waals surface area contributed by atoms with Gasteiger partial charge < -0.3 is 14.8 Å². The van der Waals surface area contributed by atoms with Crippen LogP contribution in [0.25, 0.3) is 0 Å². The number of hydrogen-bond donors (Lipinski definition) is 2.